The zero-order chi connectivity index (χ0) is 13.1. The molecule has 0 saturated carbocycles. The Hall–Kier alpha value is -1.05. The Kier molecular flexibility index (Phi) is 4.26. The molecule has 2 heterocycles. The zero-order valence-corrected chi connectivity index (χ0v) is 12.6. The number of amides is 1. The second kappa shape index (κ2) is 5.73. The normalized spacial score (nSPS) is 10.2. The molecule has 2 aromatic rings. The van der Waals surface area contributed by atoms with Crippen LogP contribution in [-0.4, -0.2) is 20.9 Å². The van der Waals surface area contributed by atoms with Crippen molar-refractivity contribution in [3.63, 3.8) is 0 Å². The summed E-state index contributed by atoms with van der Waals surface area (Å²) >= 11 is 12.1. The first kappa shape index (κ1) is 13.4. The Labute approximate surface area is 124 Å². The Morgan fingerprint density at radius 2 is 2.11 bits per heavy atom. The molecule has 2 rings (SSSR count). The Balaban J connectivity index is 2.21. The maximum Gasteiger partial charge on any atom is 0.257 e. The molecule has 0 atom stereocenters. The molecule has 0 aliphatic carbocycles. The van der Waals surface area contributed by atoms with Crippen LogP contribution < -0.4 is 5.32 Å². The van der Waals surface area contributed by atoms with Crippen molar-refractivity contribution < 1.29 is 4.79 Å². The molecule has 92 valence electrons. The summed E-state index contributed by atoms with van der Waals surface area (Å²) in [6.45, 7) is 0. The first-order valence-electron chi connectivity index (χ1n) is 4.67. The van der Waals surface area contributed by atoms with Gasteiger partial charge in [-0.25, -0.2) is 15.0 Å². The number of aromatic nitrogens is 3. The van der Waals surface area contributed by atoms with E-state index in [1.165, 1.54) is 18.5 Å². The number of hydrogen-bond acceptors (Lipinski definition) is 4. The third kappa shape index (κ3) is 3.24. The molecule has 0 aliphatic rings. The van der Waals surface area contributed by atoms with E-state index >= 15 is 0 Å². The van der Waals surface area contributed by atoms with Gasteiger partial charge in [-0.1, -0.05) is 11.6 Å². The summed E-state index contributed by atoms with van der Waals surface area (Å²) in [6.07, 6.45) is 2.94. The van der Waals surface area contributed by atoms with Gasteiger partial charge in [0.15, 0.2) is 5.82 Å². The van der Waals surface area contributed by atoms with Crippen LogP contribution in [-0.2, 0) is 0 Å². The van der Waals surface area contributed by atoms with E-state index in [1.807, 2.05) is 0 Å². The number of halogens is 3. The second-order valence-electron chi connectivity index (χ2n) is 3.15. The number of rotatable bonds is 2. The highest BCUT2D eigenvalue weighted by atomic mass is 79.9. The van der Waals surface area contributed by atoms with Crippen molar-refractivity contribution in [1.82, 2.24) is 15.0 Å². The maximum absolute atomic E-state index is 11.9. The van der Waals surface area contributed by atoms with Gasteiger partial charge >= 0.3 is 0 Å². The van der Waals surface area contributed by atoms with Gasteiger partial charge in [-0.3, -0.25) is 4.79 Å². The third-order valence-electron chi connectivity index (χ3n) is 1.92. The van der Waals surface area contributed by atoms with E-state index in [-0.39, 0.29) is 11.1 Å². The van der Waals surface area contributed by atoms with Gasteiger partial charge in [-0.05, 0) is 44.0 Å². The molecular weight excluding hydrogens is 387 g/mol. The maximum atomic E-state index is 11.9. The van der Waals surface area contributed by atoms with Crippen LogP contribution in [0.25, 0.3) is 0 Å². The lowest BCUT2D eigenvalue weighted by Crippen LogP contribution is -2.14. The van der Waals surface area contributed by atoms with Crippen LogP contribution in [0.2, 0.25) is 5.15 Å². The van der Waals surface area contributed by atoms with E-state index in [2.05, 4.69) is 52.1 Å². The summed E-state index contributed by atoms with van der Waals surface area (Å²) in [4.78, 5) is 23.8. The minimum atomic E-state index is -0.336. The number of nitrogens with zero attached hydrogens (tertiary/aromatic N) is 3. The largest absolute Gasteiger partial charge is 0.304 e. The van der Waals surface area contributed by atoms with Crippen LogP contribution in [0.15, 0.2) is 33.7 Å². The smallest absolute Gasteiger partial charge is 0.257 e. The van der Waals surface area contributed by atoms with Crippen LogP contribution in [0.3, 0.4) is 0 Å². The number of hydrogen-bond donors (Lipinski definition) is 1. The van der Waals surface area contributed by atoms with E-state index in [4.69, 9.17) is 11.6 Å². The third-order valence-corrected chi connectivity index (χ3v) is 3.06. The predicted molar refractivity (Wildman–Crippen MR) is 74.6 cm³/mol. The van der Waals surface area contributed by atoms with Crippen LogP contribution in [0.4, 0.5) is 5.82 Å². The molecule has 0 saturated heterocycles. The van der Waals surface area contributed by atoms with E-state index in [0.29, 0.717) is 20.6 Å². The van der Waals surface area contributed by atoms with Crippen molar-refractivity contribution in [3.8, 4) is 0 Å². The molecule has 0 radical (unpaired) electrons. The topological polar surface area (TPSA) is 67.8 Å². The molecule has 0 spiro atoms. The lowest BCUT2D eigenvalue weighted by atomic mass is 10.2. The minimum Gasteiger partial charge on any atom is -0.304 e. The van der Waals surface area contributed by atoms with E-state index in [1.54, 1.807) is 6.07 Å². The highest BCUT2D eigenvalue weighted by Gasteiger charge is 2.11. The molecule has 0 aliphatic heterocycles. The molecule has 1 amide bonds. The van der Waals surface area contributed by atoms with Gasteiger partial charge in [0.25, 0.3) is 5.91 Å². The fraction of sp³-hybridized carbons (Fsp3) is 0. The molecule has 0 aromatic carbocycles. The lowest BCUT2D eigenvalue weighted by molar-refractivity contribution is 0.102. The molecule has 18 heavy (non-hydrogen) atoms. The Morgan fingerprint density at radius 1 is 1.33 bits per heavy atom. The zero-order valence-electron chi connectivity index (χ0n) is 8.69. The number of anilines is 1. The number of nitrogens with one attached hydrogen (secondary N) is 1. The summed E-state index contributed by atoms with van der Waals surface area (Å²) < 4.78 is 1.00. The lowest BCUT2D eigenvalue weighted by Gasteiger charge is -2.05. The van der Waals surface area contributed by atoms with Gasteiger partial charge in [0, 0.05) is 11.8 Å². The average Bonchev–Trinajstić information content (AvgIpc) is 2.32. The van der Waals surface area contributed by atoms with Crippen LogP contribution in [0.5, 0.6) is 0 Å². The number of carbonyl (C=O) groups is 1. The second-order valence-corrected chi connectivity index (χ2v) is 5.10. The minimum absolute atomic E-state index is 0.253. The van der Waals surface area contributed by atoms with Crippen molar-refractivity contribution in [2.24, 2.45) is 0 Å². The highest BCUT2D eigenvalue weighted by molar-refractivity contribution is 9.11. The first-order valence-corrected chi connectivity index (χ1v) is 6.63. The molecule has 0 unspecified atom stereocenters. The fourth-order valence-corrected chi connectivity index (χ4v) is 2.24. The van der Waals surface area contributed by atoms with Gasteiger partial charge in [-0.15, -0.1) is 0 Å². The summed E-state index contributed by atoms with van der Waals surface area (Å²) in [6, 6.07) is 3.03. The quantitative estimate of drug-likeness (QED) is 0.797. The Morgan fingerprint density at radius 3 is 2.78 bits per heavy atom. The Bertz CT molecular complexity index is 608. The fourth-order valence-electron chi connectivity index (χ4n) is 1.15. The molecular formula is C10H5Br2ClN4O. The van der Waals surface area contributed by atoms with Gasteiger partial charge in [-0.2, -0.15) is 0 Å². The van der Waals surface area contributed by atoms with Gasteiger partial charge in [0.05, 0.1) is 6.20 Å². The van der Waals surface area contributed by atoms with E-state index < -0.39 is 0 Å². The monoisotopic (exact) mass is 390 g/mol. The molecule has 8 heteroatoms. The van der Waals surface area contributed by atoms with Crippen LogP contribution in [0, 0.1) is 0 Å². The molecule has 5 nitrogen and oxygen atoms in total. The summed E-state index contributed by atoms with van der Waals surface area (Å²) in [5, 5.41) is 2.87. The standard InChI is InChI=1S/C10H5Br2ClN4O/c11-6-4-15-9(8(12)16-6)17-10(18)5-1-2-14-7(13)3-5/h1-4H,(H,15,17,18). The molecule has 0 fully saturated rings. The van der Waals surface area contributed by atoms with Crippen molar-refractivity contribution in [2.45, 2.75) is 0 Å². The summed E-state index contributed by atoms with van der Waals surface area (Å²) in [5.41, 5.74) is 0.395. The van der Waals surface area contributed by atoms with Crippen molar-refractivity contribution in [2.75, 3.05) is 5.32 Å². The number of carbonyl (C=O) groups excluding carboxylic acids is 1. The average molecular weight is 392 g/mol. The van der Waals surface area contributed by atoms with Crippen molar-refractivity contribution in [1.29, 1.82) is 0 Å². The van der Waals surface area contributed by atoms with Gasteiger partial charge < -0.3 is 5.32 Å². The van der Waals surface area contributed by atoms with E-state index in [0.717, 1.165) is 0 Å². The molecule has 2 aromatic heterocycles. The predicted octanol–water partition coefficient (Wildman–Crippen LogP) is 3.30. The van der Waals surface area contributed by atoms with E-state index in [9.17, 15) is 4.79 Å². The van der Waals surface area contributed by atoms with Crippen molar-refractivity contribution in [3.05, 3.63) is 44.4 Å². The SMILES string of the molecule is O=C(Nc1ncc(Br)nc1Br)c1ccnc(Cl)c1. The highest BCUT2D eigenvalue weighted by Crippen LogP contribution is 2.20. The van der Waals surface area contributed by atoms with Crippen LogP contribution >= 0.6 is 43.5 Å². The van der Waals surface area contributed by atoms with Gasteiger partial charge in [0.2, 0.25) is 0 Å². The van der Waals surface area contributed by atoms with Crippen LogP contribution in [0.1, 0.15) is 10.4 Å². The molecule has 1 N–H and O–H groups in total. The first-order chi connectivity index (χ1) is 8.56. The summed E-state index contributed by atoms with van der Waals surface area (Å²) in [7, 11) is 0. The van der Waals surface area contributed by atoms with Gasteiger partial charge in [0.1, 0.15) is 14.4 Å². The summed E-state index contributed by atoms with van der Waals surface area (Å²) in [5.74, 6) is -0.00671. The van der Waals surface area contributed by atoms with Crippen molar-refractivity contribution >= 4 is 55.2 Å². The number of pyridine rings is 1. The molecule has 0 bridgehead atoms.